The van der Waals surface area contributed by atoms with Crippen LogP contribution in [0.3, 0.4) is 0 Å². The number of ether oxygens (including phenoxy) is 1. The van der Waals surface area contributed by atoms with E-state index in [-0.39, 0.29) is 11.9 Å². The molecular weight excluding hydrogens is 228 g/mol. The van der Waals surface area contributed by atoms with E-state index in [0.717, 1.165) is 23.0 Å². The van der Waals surface area contributed by atoms with Gasteiger partial charge in [-0.3, -0.25) is 4.79 Å². The van der Waals surface area contributed by atoms with E-state index in [2.05, 4.69) is 11.1 Å². The lowest BCUT2D eigenvalue weighted by atomic mass is 9.97. The van der Waals surface area contributed by atoms with Crippen molar-refractivity contribution < 1.29 is 9.53 Å². The number of carbonyl (C=O) groups is 1. The smallest absolute Gasteiger partial charge is 0.308 e. The second-order valence-electron chi connectivity index (χ2n) is 4.51. The third kappa shape index (κ3) is 2.37. The summed E-state index contributed by atoms with van der Waals surface area (Å²) < 4.78 is 6.79. The summed E-state index contributed by atoms with van der Waals surface area (Å²) in [4.78, 5) is 15.9. The highest BCUT2D eigenvalue weighted by molar-refractivity contribution is 5.77. The van der Waals surface area contributed by atoms with Gasteiger partial charge in [-0.25, -0.2) is 4.98 Å². The number of nitrogens with zero attached hydrogens (tertiary/aromatic N) is 2. The van der Waals surface area contributed by atoms with Crippen molar-refractivity contribution >= 4 is 17.0 Å². The molecule has 0 spiro atoms. The van der Waals surface area contributed by atoms with Crippen molar-refractivity contribution in [3.8, 4) is 0 Å². The summed E-state index contributed by atoms with van der Waals surface area (Å²) in [5.74, 6) is -0.213. The molecule has 18 heavy (non-hydrogen) atoms. The molecule has 1 aromatic heterocycles. The number of rotatable bonds is 4. The van der Waals surface area contributed by atoms with Gasteiger partial charge in [0, 0.05) is 7.05 Å². The zero-order valence-corrected chi connectivity index (χ0v) is 11.0. The van der Waals surface area contributed by atoms with Crippen LogP contribution in [-0.2, 0) is 23.0 Å². The third-order valence-corrected chi connectivity index (χ3v) is 3.30. The van der Waals surface area contributed by atoms with Gasteiger partial charge in [-0.1, -0.05) is 13.0 Å². The van der Waals surface area contributed by atoms with Gasteiger partial charge >= 0.3 is 5.97 Å². The number of imidazole rings is 1. The molecule has 0 saturated carbocycles. The molecule has 1 aromatic carbocycles. The molecule has 0 saturated heterocycles. The van der Waals surface area contributed by atoms with Crippen LogP contribution in [-0.4, -0.2) is 22.6 Å². The molecule has 0 aliphatic rings. The molecule has 0 amide bonds. The first-order chi connectivity index (χ1) is 8.65. The van der Waals surface area contributed by atoms with E-state index in [1.807, 2.05) is 30.7 Å². The zero-order chi connectivity index (χ0) is 13.1. The minimum atomic E-state index is -0.140. The van der Waals surface area contributed by atoms with E-state index >= 15 is 0 Å². The predicted molar refractivity (Wildman–Crippen MR) is 70.2 cm³/mol. The number of carbonyl (C=O) groups excluding carboxylic acids is 1. The molecular formula is C14H18N2O2. The predicted octanol–water partition coefficient (Wildman–Crippen LogP) is 2.32. The topological polar surface area (TPSA) is 44.1 Å². The number of hydrogen-bond acceptors (Lipinski definition) is 3. The number of aryl methyl sites for hydroxylation is 1. The lowest BCUT2D eigenvalue weighted by Crippen LogP contribution is -2.17. The molecule has 0 N–H and O–H groups in total. The van der Waals surface area contributed by atoms with Gasteiger partial charge < -0.3 is 9.30 Å². The largest absolute Gasteiger partial charge is 0.469 e. The molecule has 0 aliphatic carbocycles. The van der Waals surface area contributed by atoms with Crippen LogP contribution in [0, 0.1) is 5.92 Å². The fourth-order valence-corrected chi connectivity index (χ4v) is 2.15. The molecule has 2 aromatic rings. The second-order valence-corrected chi connectivity index (χ2v) is 4.51. The number of hydrogen-bond donors (Lipinski definition) is 0. The van der Waals surface area contributed by atoms with Crippen molar-refractivity contribution in [2.75, 3.05) is 7.11 Å². The van der Waals surface area contributed by atoms with E-state index in [4.69, 9.17) is 4.74 Å². The first kappa shape index (κ1) is 12.6. The van der Waals surface area contributed by atoms with Crippen molar-refractivity contribution in [1.82, 2.24) is 9.55 Å². The first-order valence-electron chi connectivity index (χ1n) is 6.13. The quantitative estimate of drug-likeness (QED) is 0.778. The summed E-state index contributed by atoms with van der Waals surface area (Å²) in [5.41, 5.74) is 3.19. The Labute approximate surface area is 107 Å². The Bertz CT molecular complexity index is 560. The van der Waals surface area contributed by atoms with Gasteiger partial charge in [0.1, 0.15) is 0 Å². The monoisotopic (exact) mass is 246 g/mol. The Hall–Kier alpha value is -1.84. The maximum absolute atomic E-state index is 11.6. The molecule has 2 rings (SSSR count). The van der Waals surface area contributed by atoms with Gasteiger partial charge in [-0.2, -0.15) is 0 Å². The molecule has 96 valence electrons. The zero-order valence-electron chi connectivity index (χ0n) is 11.0. The second kappa shape index (κ2) is 5.21. The summed E-state index contributed by atoms with van der Waals surface area (Å²) in [6.07, 6.45) is 3.29. The SMILES string of the molecule is CCC(Cc1ccc2c(c1)ncn2C)C(=O)OC. The number of benzene rings is 1. The standard InChI is InChI=1S/C14H18N2O2/c1-4-11(14(17)18-3)7-10-5-6-13-12(8-10)15-9-16(13)2/h5-6,8-9,11H,4,7H2,1-3H3. The average molecular weight is 246 g/mol. The van der Waals surface area contributed by atoms with Crippen LogP contribution in [0.1, 0.15) is 18.9 Å². The minimum Gasteiger partial charge on any atom is -0.469 e. The van der Waals surface area contributed by atoms with Crippen molar-refractivity contribution in [2.24, 2.45) is 13.0 Å². The van der Waals surface area contributed by atoms with Crippen LogP contribution in [0.4, 0.5) is 0 Å². The van der Waals surface area contributed by atoms with Crippen LogP contribution in [0.2, 0.25) is 0 Å². The molecule has 0 aliphatic heterocycles. The van der Waals surface area contributed by atoms with Crippen LogP contribution in [0.25, 0.3) is 11.0 Å². The van der Waals surface area contributed by atoms with Crippen LogP contribution >= 0.6 is 0 Å². The van der Waals surface area contributed by atoms with Crippen molar-refractivity contribution in [2.45, 2.75) is 19.8 Å². The molecule has 1 atom stereocenters. The molecule has 0 fully saturated rings. The van der Waals surface area contributed by atoms with E-state index in [1.165, 1.54) is 7.11 Å². The lowest BCUT2D eigenvalue weighted by molar-refractivity contribution is -0.145. The maximum atomic E-state index is 11.6. The fraction of sp³-hybridized carbons (Fsp3) is 0.429. The van der Waals surface area contributed by atoms with Gasteiger partial charge in [0.2, 0.25) is 0 Å². The van der Waals surface area contributed by atoms with Crippen molar-refractivity contribution in [3.05, 3.63) is 30.1 Å². The Morgan fingerprint density at radius 1 is 1.50 bits per heavy atom. The summed E-state index contributed by atoms with van der Waals surface area (Å²) in [6.45, 7) is 2.00. The Morgan fingerprint density at radius 3 is 2.94 bits per heavy atom. The number of methoxy groups -OCH3 is 1. The van der Waals surface area contributed by atoms with E-state index < -0.39 is 0 Å². The van der Waals surface area contributed by atoms with Crippen LogP contribution in [0.15, 0.2) is 24.5 Å². The van der Waals surface area contributed by atoms with Crippen molar-refractivity contribution in [3.63, 3.8) is 0 Å². The molecule has 0 radical (unpaired) electrons. The van der Waals surface area contributed by atoms with E-state index in [0.29, 0.717) is 6.42 Å². The van der Waals surface area contributed by atoms with Gasteiger partial charge in [0.25, 0.3) is 0 Å². The van der Waals surface area contributed by atoms with Gasteiger partial charge in [-0.15, -0.1) is 0 Å². The summed E-state index contributed by atoms with van der Waals surface area (Å²) in [7, 11) is 3.41. The maximum Gasteiger partial charge on any atom is 0.308 e. The summed E-state index contributed by atoms with van der Waals surface area (Å²) in [5, 5.41) is 0. The molecule has 0 bridgehead atoms. The minimum absolute atomic E-state index is 0.0730. The van der Waals surface area contributed by atoms with E-state index in [9.17, 15) is 4.79 Å². The molecule has 4 heteroatoms. The van der Waals surface area contributed by atoms with Crippen molar-refractivity contribution in [1.29, 1.82) is 0 Å². The van der Waals surface area contributed by atoms with Gasteiger partial charge in [0.05, 0.1) is 30.4 Å². The highest BCUT2D eigenvalue weighted by Gasteiger charge is 2.17. The highest BCUT2D eigenvalue weighted by atomic mass is 16.5. The molecule has 1 heterocycles. The third-order valence-electron chi connectivity index (χ3n) is 3.30. The average Bonchev–Trinajstić information content (AvgIpc) is 2.76. The van der Waals surface area contributed by atoms with Gasteiger partial charge in [-0.05, 0) is 30.5 Å². The number of aromatic nitrogens is 2. The Morgan fingerprint density at radius 2 is 2.28 bits per heavy atom. The number of esters is 1. The van der Waals surface area contributed by atoms with Crippen LogP contribution in [0.5, 0.6) is 0 Å². The molecule has 4 nitrogen and oxygen atoms in total. The van der Waals surface area contributed by atoms with Gasteiger partial charge in [0.15, 0.2) is 0 Å². The Kier molecular flexibility index (Phi) is 3.65. The first-order valence-corrected chi connectivity index (χ1v) is 6.13. The lowest BCUT2D eigenvalue weighted by Gasteiger charge is -2.12. The number of fused-ring (bicyclic) bond motifs is 1. The fourth-order valence-electron chi connectivity index (χ4n) is 2.15. The van der Waals surface area contributed by atoms with Crippen LogP contribution < -0.4 is 0 Å². The normalized spacial score (nSPS) is 12.6. The van der Waals surface area contributed by atoms with E-state index in [1.54, 1.807) is 6.33 Å². The summed E-state index contributed by atoms with van der Waals surface area (Å²) >= 11 is 0. The highest BCUT2D eigenvalue weighted by Crippen LogP contribution is 2.18. The summed E-state index contributed by atoms with van der Waals surface area (Å²) in [6, 6.07) is 6.14. The Balaban J connectivity index is 2.23. The molecule has 1 unspecified atom stereocenters.